The molecular weight excluding hydrogens is 312 g/mol. The number of fused-ring (bicyclic) bond motifs is 1. The van der Waals surface area contributed by atoms with Gasteiger partial charge in [0.1, 0.15) is 5.82 Å². The van der Waals surface area contributed by atoms with Crippen molar-refractivity contribution in [2.75, 3.05) is 39.8 Å². The van der Waals surface area contributed by atoms with E-state index in [0.29, 0.717) is 6.04 Å². The van der Waals surface area contributed by atoms with Gasteiger partial charge in [0, 0.05) is 64.8 Å². The molecule has 0 unspecified atom stereocenters. The molecule has 4 heterocycles. The number of aromatic nitrogens is 3. The van der Waals surface area contributed by atoms with Gasteiger partial charge in [0.25, 0.3) is 0 Å². The summed E-state index contributed by atoms with van der Waals surface area (Å²) in [5.74, 6) is 1.20. The van der Waals surface area contributed by atoms with Crippen LogP contribution in [0.15, 0.2) is 30.6 Å². The summed E-state index contributed by atoms with van der Waals surface area (Å²) in [5.41, 5.74) is 2.50. The summed E-state index contributed by atoms with van der Waals surface area (Å²) in [6, 6.07) is 6.47. The maximum Gasteiger partial charge on any atom is 0.126 e. The summed E-state index contributed by atoms with van der Waals surface area (Å²) in [6.07, 6.45) is 3.97. The smallest absolute Gasteiger partial charge is 0.126 e. The second-order valence-electron chi connectivity index (χ2n) is 7.31. The van der Waals surface area contributed by atoms with Crippen LogP contribution in [0.25, 0.3) is 0 Å². The topological polar surface area (TPSA) is 40.4 Å². The average molecular weight is 340 g/mol. The van der Waals surface area contributed by atoms with E-state index in [4.69, 9.17) is 4.98 Å². The molecule has 0 amide bonds. The van der Waals surface area contributed by atoms with E-state index in [1.54, 1.807) is 0 Å². The first-order chi connectivity index (χ1) is 12.2. The van der Waals surface area contributed by atoms with Crippen LogP contribution in [0, 0.1) is 0 Å². The quantitative estimate of drug-likeness (QED) is 0.846. The van der Waals surface area contributed by atoms with Crippen LogP contribution < -0.4 is 0 Å². The Morgan fingerprint density at radius 1 is 1.00 bits per heavy atom. The molecule has 0 N–H and O–H groups in total. The normalized spacial score (nSPS) is 22.9. The molecule has 0 aromatic carbocycles. The van der Waals surface area contributed by atoms with Gasteiger partial charge in [-0.1, -0.05) is 6.07 Å². The molecular formula is C19H28N6. The van der Waals surface area contributed by atoms with Crippen LogP contribution in [0.1, 0.15) is 30.2 Å². The lowest BCUT2D eigenvalue weighted by atomic mass is 10.2. The molecule has 25 heavy (non-hydrogen) atoms. The monoisotopic (exact) mass is 340 g/mol. The van der Waals surface area contributed by atoms with Crippen LogP contribution in [0.3, 0.4) is 0 Å². The molecule has 2 aromatic heterocycles. The second kappa shape index (κ2) is 7.23. The van der Waals surface area contributed by atoms with Crippen LogP contribution in [0.2, 0.25) is 0 Å². The van der Waals surface area contributed by atoms with E-state index in [1.807, 2.05) is 12.3 Å². The maximum absolute atomic E-state index is 4.77. The minimum absolute atomic E-state index is 0.331. The van der Waals surface area contributed by atoms with Crippen molar-refractivity contribution < 1.29 is 0 Å². The van der Waals surface area contributed by atoms with Gasteiger partial charge in [0.05, 0.1) is 17.4 Å². The van der Waals surface area contributed by atoms with Gasteiger partial charge in [-0.05, 0) is 26.1 Å². The Bertz CT molecular complexity index is 689. The van der Waals surface area contributed by atoms with E-state index in [2.05, 4.69) is 56.6 Å². The van der Waals surface area contributed by atoms with Gasteiger partial charge in [0.15, 0.2) is 0 Å². The van der Waals surface area contributed by atoms with Gasteiger partial charge in [-0.3, -0.25) is 14.8 Å². The minimum Gasteiger partial charge on any atom is -0.328 e. The third kappa shape index (κ3) is 3.61. The molecule has 134 valence electrons. The number of imidazole rings is 1. The van der Waals surface area contributed by atoms with Crippen molar-refractivity contribution >= 4 is 0 Å². The number of pyridine rings is 1. The van der Waals surface area contributed by atoms with Crippen LogP contribution in [0.5, 0.6) is 0 Å². The Labute approximate surface area is 150 Å². The lowest BCUT2D eigenvalue weighted by molar-refractivity contribution is 0.136. The van der Waals surface area contributed by atoms with Gasteiger partial charge in [-0.25, -0.2) is 4.98 Å². The Balaban J connectivity index is 1.44. The largest absolute Gasteiger partial charge is 0.328 e. The predicted molar refractivity (Wildman–Crippen MR) is 98.1 cm³/mol. The van der Waals surface area contributed by atoms with Gasteiger partial charge < -0.3 is 9.47 Å². The first-order valence-electron chi connectivity index (χ1n) is 9.30. The van der Waals surface area contributed by atoms with Crippen molar-refractivity contribution in [1.29, 1.82) is 0 Å². The van der Waals surface area contributed by atoms with Crippen molar-refractivity contribution in [3.63, 3.8) is 0 Å². The molecule has 0 saturated carbocycles. The average Bonchev–Trinajstić information content (AvgIpc) is 3.04. The minimum atomic E-state index is 0.331. The summed E-state index contributed by atoms with van der Waals surface area (Å²) in [7, 11) is 2.20. The zero-order chi connectivity index (χ0) is 17.2. The molecule has 2 aliphatic heterocycles. The van der Waals surface area contributed by atoms with Crippen LogP contribution in [0.4, 0.5) is 0 Å². The Hall–Kier alpha value is -1.76. The summed E-state index contributed by atoms with van der Waals surface area (Å²) in [5, 5.41) is 0. The standard InChI is InChI=1S/C19H28N6/c1-16-19-21-13-18(15-23-9-7-22(2)8-10-23)25(19)12-11-24(16)14-17-5-3-4-6-20-17/h3-6,13,16H,7-12,14-15H2,1-2H3/t16-/m0/s1. The molecule has 1 atom stereocenters. The zero-order valence-corrected chi connectivity index (χ0v) is 15.3. The highest BCUT2D eigenvalue weighted by molar-refractivity contribution is 5.12. The molecule has 2 aliphatic rings. The molecule has 6 heteroatoms. The molecule has 2 aromatic rings. The van der Waals surface area contributed by atoms with Crippen molar-refractivity contribution in [3.05, 3.63) is 47.8 Å². The van der Waals surface area contributed by atoms with Crippen LogP contribution >= 0.6 is 0 Å². The third-order valence-electron chi connectivity index (χ3n) is 5.57. The van der Waals surface area contributed by atoms with Crippen molar-refractivity contribution in [2.24, 2.45) is 0 Å². The number of nitrogens with zero attached hydrogens (tertiary/aromatic N) is 6. The van der Waals surface area contributed by atoms with Crippen molar-refractivity contribution in [1.82, 2.24) is 29.2 Å². The molecule has 1 saturated heterocycles. The fourth-order valence-corrected chi connectivity index (χ4v) is 3.88. The van der Waals surface area contributed by atoms with Gasteiger partial charge in [0.2, 0.25) is 0 Å². The van der Waals surface area contributed by atoms with Crippen molar-refractivity contribution in [3.8, 4) is 0 Å². The second-order valence-corrected chi connectivity index (χ2v) is 7.31. The molecule has 0 spiro atoms. The van der Waals surface area contributed by atoms with Gasteiger partial charge in [-0.2, -0.15) is 0 Å². The number of piperazine rings is 1. The Morgan fingerprint density at radius 3 is 2.60 bits per heavy atom. The van der Waals surface area contributed by atoms with Crippen molar-refractivity contribution in [2.45, 2.75) is 32.6 Å². The summed E-state index contributed by atoms with van der Waals surface area (Å²) in [6.45, 7) is 10.9. The number of hydrogen-bond acceptors (Lipinski definition) is 5. The predicted octanol–water partition coefficient (Wildman–Crippen LogP) is 1.60. The summed E-state index contributed by atoms with van der Waals surface area (Å²) in [4.78, 5) is 16.7. The third-order valence-corrected chi connectivity index (χ3v) is 5.57. The lowest BCUT2D eigenvalue weighted by Gasteiger charge is -2.35. The molecule has 0 bridgehead atoms. The number of hydrogen-bond donors (Lipinski definition) is 0. The Kier molecular flexibility index (Phi) is 4.83. The summed E-state index contributed by atoms with van der Waals surface area (Å²) >= 11 is 0. The van der Waals surface area contributed by atoms with Gasteiger partial charge >= 0.3 is 0 Å². The number of rotatable bonds is 4. The highest BCUT2D eigenvalue weighted by Gasteiger charge is 2.28. The molecule has 1 fully saturated rings. The molecule has 0 radical (unpaired) electrons. The fourth-order valence-electron chi connectivity index (χ4n) is 3.88. The van der Waals surface area contributed by atoms with E-state index in [1.165, 1.54) is 11.5 Å². The first kappa shape index (κ1) is 16.7. The Morgan fingerprint density at radius 2 is 1.84 bits per heavy atom. The van der Waals surface area contributed by atoms with Crippen LogP contribution in [-0.4, -0.2) is 69.0 Å². The van der Waals surface area contributed by atoms with E-state index in [9.17, 15) is 0 Å². The number of likely N-dealkylation sites (N-methyl/N-ethyl adjacent to an activating group) is 1. The van der Waals surface area contributed by atoms with Gasteiger partial charge in [-0.15, -0.1) is 0 Å². The molecule has 0 aliphatic carbocycles. The maximum atomic E-state index is 4.77. The van der Waals surface area contributed by atoms with E-state index in [-0.39, 0.29) is 0 Å². The molecule has 4 rings (SSSR count). The van der Waals surface area contributed by atoms with E-state index in [0.717, 1.165) is 58.1 Å². The zero-order valence-electron chi connectivity index (χ0n) is 15.3. The SMILES string of the molecule is C[C@H]1c2ncc(CN3CCN(C)CC3)n2CCN1Cc1ccccn1. The summed E-state index contributed by atoms with van der Waals surface area (Å²) < 4.78 is 2.44. The van der Waals surface area contributed by atoms with E-state index < -0.39 is 0 Å². The molecule has 6 nitrogen and oxygen atoms in total. The van der Waals surface area contributed by atoms with E-state index >= 15 is 0 Å². The lowest BCUT2D eigenvalue weighted by Crippen LogP contribution is -2.44. The first-order valence-corrected chi connectivity index (χ1v) is 9.30. The highest BCUT2D eigenvalue weighted by atomic mass is 15.3. The highest BCUT2D eigenvalue weighted by Crippen LogP contribution is 2.27. The van der Waals surface area contributed by atoms with Crippen LogP contribution in [-0.2, 0) is 19.6 Å². The fraction of sp³-hybridized carbons (Fsp3) is 0.579.